The molecule has 2 aromatic rings. The zero-order valence-corrected chi connectivity index (χ0v) is 11.6. The largest absolute Gasteiger partial charge is 0.481 e. The maximum absolute atomic E-state index is 12.4. The molecule has 5 heteroatoms. The number of carbonyl (C=O) groups is 2. The van der Waals surface area contributed by atoms with Gasteiger partial charge in [0, 0.05) is 42.7 Å². The van der Waals surface area contributed by atoms with Crippen LogP contribution in [0.1, 0.15) is 29.3 Å². The third kappa shape index (κ3) is 2.66. The first-order valence-electron chi connectivity index (χ1n) is 6.60. The lowest BCUT2D eigenvalue weighted by Crippen LogP contribution is -2.26. The first-order valence-corrected chi connectivity index (χ1v) is 6.60. The van der Waals surface area contributed by atoms with E-state index >= 15 is 0 Å². The van der Waals surface area contributed by atoms with Crippen molar-refractivity contribution in [1.29, 1.82) is 0 Å². The number of amides is 1. The van der Waals surface area contributed by atoms with Crippen LogP contribution in [0.3, 0.4) is 0 Å². The van der Waals surface area contributed by atoms with E-state index in [1.54, 1.807) is 24.2 Å². The first kappa shape index (κ1) is 14.1. The van der Waals surface area contributed by atoms with Gasteiger partial charge in [-0.25, -0.2) is 0 Å². The van der Waals surface area contributed by atoms with Crippen molar-refractivity contribution in [3.05, 3.63) is 35.5 Å². The number of carboxylic acids is 1. The van der Waals surface area contributed by atoms with Crippen LogP contribution in [-0.2, 0) is 11.2 Å². The molecule has 5 nitrogen and oxygen atoms in total. The maximum Gasteiger partial charge on any atom is 0.303 e. The van der Waals surface area contributed by atoms with Crippen molar-refractivity contribution in [3.8, 4) is 0 Å². The second-order valence-corrected chi connectivity index (χ2v) is 4.76. The molecule has 0 bridgehead atoms. The summed E-state index contributed by atoms with van der Waals surface area (Å²) in [6.07, 6.45) is 2.25. The quantitative estimate of drug-likeness (QED) is 0.878. The van der Waals surface area contributed by atoms with Gasteiger partial charge in [0.25, 0.3) is 5.91 Å². The molecule has 0 unspecified atom stereocenters. The Balaban J connectivity index is 2.46. The lowest BCUT2D eigenvalue weighted by molar-refractivity contribution is -0.136. The van der Waals surface area contributed by atoms with E-state index in [-0.39, 0.29) is 12.3 Å². The number of H-pyrrole nitrogens is 1. The number of aliphatic carboxylic acids is 1. The second kappa shape index (κ2) is 5.77. The van der Waals surface area contributed by atoms with Gasteiger partial charge in [-0.15, -0.1) is 0 Å². The van der Waals surface area contributed by atoms with Crippen LogP contribution in [0.25, 0.3) is 10.9 Å². The molecule has 2 rings (SSSR count). The Kier molecular flexibility index (Phi) is 4.08. The number of nitrogens with one attached hydrogen (secondary N) is 1. The maximum atomic E-state index is 12.4. The number of hydrogen-bond donors (Lipinski definition) is 2. The molecule has 20 heavy (non-hydrogen) atoms. The van der Waals surface area contributed by atoms with Gasteiger partial charge in [-0.3, -0.25) is 9.59 Å². The summed E-state index contributed by atoms with van der Waals surface area (Å²) < 4.78 is 0. The van der Waals surface area contributed by atoms with Crippen LogP contribution in [-0.4, -0.2) is 40.5 Å². The fourth-order valence-electron chi connectivity index (χ4n) is 2.22. The zero-order chi connectivity index (χ0) is 14.7. The Bertz CT molecular complexity index is 646. The number of carboxylic acid groups (broad SMARTS) is 1. The summed E-state index contributed by atoms with van der Waals surface area (Å²) in [6, 6.07) is 5.51. The Labute approximate surface area is 117 Å². The third-order valence-electron chi connectivity index (χ3n) is 3.45. The minimum Gasteiger partial charge on any atom is -0.481 e. The molecule has 0 aliphatic heterocycles. The average molecular weight is 274 g/mol. The monoisotopic (exact) mass is 274 g/mol. The molecule has 0 atom stereocenters. The van der Waals surface area contributed by atoms with E-state index in [4.69, 9.17) is 5.11 Å². The summed E-state index contributed by atoms with van der Waals surface area (Å²) >= 11 is 0. The number of carbonyl (C=O) groups excluding carboxylic acids is 1. The third-order valence-corrected chi connectivity index (χ3v) is 3.45. The summed E-state index contributed by atoms with van der Waals surface area (Å²) in [5, 5.41) is 9.64. The average Bonchev–Trinajstić information content (AvgIpc) is 2.86. The van der Waals surface area contributed by atoms with E-state index in [0.29, 0.717) is 18.5 Å². The topological polar surface area (TPSA) is 73.4 Å². The van der Waals surface area contributed by atoms with Crippen LogP contribution in [0.4, 0.5) is 0 Å². The predicted octanol–water partition coefficient (Wildman–Crippen LogP) is 2.28. The summed E-state index contributed by atoms with van der Waals surface area (Å²) in [5.41, 5.74) is 2.35. The van der Waals surface area contributed by atoms with Crippen molar-refractivity contribution in [2.45, 2.75) is 19.8 Å². The highest BCUT2D eigenvalue weighted by atomic mass is 16.4. The summed E-state index contributed by atoms with van der Waals surface area (Å²) in [5.74, 6) is -0.886. The Morgan fingerprint density at radius 1 is 1.35 bits per heavy atom. The van der Waals surface area contributed by atoms with Gasteiger partial charge in [0.15, 0.2) is 0 Å². The molecule has 1 aromatic carbocycles. The van der Waals surface area contributed by atoms with Gasteiger partial charge in [0.2, 0.25) is 0 Å². The highest BCUT2D eigenvalue weighted by Crippen LogP contribution is 2.24. The lowest BCUT2D eigenvalue weighted by Gasteiger charge is -2.15. The van der Waals surface area contributed by atoms with Crippen LogP contribution in [0.2, 0.25) is 0 Å². The van der Waals surface area contributed by atoms with Crippen LogP contribution in [0.5, 0.6) is 0 Å². The van der Waals surface area contributed by atoms with Crippen molar-refractivity contribution in [2.75, 3.05) is 13.6 Å². The molecule has 0 saturated heterocycles. The van der Waals surface area contributed by atoms with Crippen molar-refractivity contribution >= 4 is 22.8 Å². The normalized spacial score (nSPS) is 10.7. The van der Waals surface area contributed by atoms with Gasteiger partial charge >= 0.3 is 5.97 Å². The van der Waals surface area contributed by atoms with Crippen molar-refractivity contribution in [2.24, 2.45) is 0 Å². The molecule has 0 fully saturated rings. The van der Waals surface area contributed by atoms with Crippen molar-refractivity contribution in [1.82, 2.24) is 9.88 Å². The van der Waals surface area contributed by atoms with Crippen LogP contribution < -0.4 is 0 Å². The molecule has 1 aromatic heterocycles. The standard InChI is InChI=1S/C15H18N2O3/c1-3-17(2)15(20)11-5-4-6-12-14(11)10(9-16-12)7-8-13(18)19/h4-6,9,16H,3,7-8H2,1-2H3,(H,18,19). The van der Waals surface area contributed by atoms with Crippen LogP contribution in [0.15, 0.2) is 24.4 Å². The van der Waals surface area contributed by atoms with E-state index in [2.05, 4.69) is 4.98 Å². The molecule has 0 aliphatic rings. The molecule has 1 amide bonds. The zero-order valence-electron chi connectivity index (χ0n) is 11.6. The number of rotatable bonds is 5. The minimum atomic E-state index is -0.839. The minimum absolute atomic E-state index is 0.0470. The molecular weight excluding hydrogens is 256 g/mol. The fourth-order valence-corrected chi connectivity index (χ4v) is 2.22. The van der Waals surface area contributed by atoms with Crippen LogP contribution >= 0.6 is 0 Å². The predicted molar refractivity (Wildman–Crippen MR) is 76.9 cm³/mol. The number of aryl methyl sites for hydroxylation is 1. The summed E-state index contributed by atoms with van der Waals surface area (Å²) in [4.78, 5) is 27.8. The van der Waals surface area contributed by atoms with Crippen molar-refractivity contribution < 1.29 is 14.7 Å². The second-order valence-electron chi connectivity index (χ2n) is 4.76. The molecule has 0 saturated carbocycles. The first-order chi connectivity index (χ1) is 9.54. The van der Waals surface area contributed by atoms with E-state index < -0.39 is 5.97 Å². The summed E-state index contributed by atoms with van der Waals surface area (Å²) in [7, 11) is 1.75. The van der Waals surface area contributed by atoms with Crippen LogP contribution in [0, 0.1) is 0 Å². The highest BCUT2D eigenvalue weighted by Gasteiger charge is 2.17. The number of nitrogens with zero attached hydrogens (tertiary/aromatic N) is 1. The molecule has 0 spiro atoms. The molecule has 2 N–H and O–H groups in total. The Morgan fingerprint density at radius 3 is 2.75 bits per heavy atom. The molecular formula is C15H18N2O3. The number of aromatic amines is 1. The smallest absolute Gasteiger partial charge is 0.303 e. The molecule has 0 aliphatic carbocycles. The van der Waals surface area contributed by atoms with Gasteiger partial charge in [0.05, 0.1) is 0 Å². The van der Waals surface area contributed by atoms with Crippen molar-refractivity contribution in [3.63, 3.8) is 0 Å². The van der Waals surface area contributed by atoms with E-state index in [1.165, 1.54) is 0 Å². The SMILES string of the molecule is CCN(C)C(=O)c1cccc2[nH]cc(CCC(=O)O)c12. The van der Waals surface area contributed by atoms with Gasteiger partial charge < -0.3 is 15.0 Å². The number of benzene rings is 1. The fraction of sp³-hybridized carbons (Fsp3) is 0.333. The van der Waals surface area contributed by atoms with E-state index in [0.717, 1.165) is 16.5 Å². The lowest BCUT2D eigenvalue weighted by atomic mass is 10.0. The molecule has 0 radical (unpaired) electrons. The number of aromatic nitrogens is 1. The number of fused-ring (bicyclic) bond motifs is 1. The van der Waals surface area contributed by atoms with Gasteiger partial charge in [-0.05, 0) is 31.0 Å². The molecule has 106 valence electrons. The van der Waals surface area contributed by atoms with Gasteiger partial charge in [0.1, 0.15) is 0 Å². The van der Waals surface area contributed by atoms with E-state index in [1.807, 2.05) is 19.1 Å². The van der Waals surface area contributed by atoms with E-state index in [9.17, 15) is 9.59 Å². The summed E-state index contributed by atoms with van der Waals surface area (Å²) in [6.45, 7) is 2.55. The molecule has 1 heterocycles. The Hall–Kier alpha value is -2.30. The number of hydrogen-bond acceptors (Lipinski definition) is 2. The van der Waals surface area contributed by atoms with Gasteiger partial charge in [-0.1, -0.05) is 6.07 Å². The highest BCUT2D eigenvalue weighted by molar-refractivity contribution is 6.07. The Morgan fingerprint density at radius 2 is 2.10 bits per heavy atom. The van der Waals surface area contributed by atoms with Gasteiger partial charge in [-0.2, -0.15) is 0 Å².